The van der Waals surface area contributed by atoms with Gasteiger partial charge in [-0.05, 0) is 93.0 Å². The lowest BCUT2D eigenvalue weighted by molar-refractivity contribution is -0.146. The largest absolute Gasteiger partial charge is 0.494 e. The number of benzene rings is 3. The van der Waals surface area contributed by atoms with Gasteiger partial charge >= 0.3 is 12.0 Å². The van der Waals surface area contributed by atoms with Gasteiger partial charge in [0.1, 0.15) is 5.54 Å². The van der Waals surface area contributed by atoms with Crippen LogP contribution >= 0.6 is 0 Å². The van der Waals surface area contributed by atoms with E-state index in [9.17, 15) is 23.9 Å². The Hall–Kier alpha value is -4.40. The standard InChI is InChI=1S/C33H38FN3O5/c1-19-15-20(2)29(21(3)16-19)36-32(41)35-27-18-23(22-12-14-28(42-5)26(34)17-22)11-13-25(27)30(38)37-33(4,31(39)40)24-9-7-6-8-10-24/h11-18,24H,6-10H2,1-5H3,(H,37,38)(H,39,40)(H2,35,36,41)/t33-/m0/s1. The summed E-state index contributed by atoms with van der Waals surface area (Å²) >= 11 is 0. The van der Waals surface area contributed by atoms with Gasteiger partial charge in [-0.3, -0.25) is 4.79 Å². The van der Waals surface area contributed by atoms with Crippen molar-refractivity contribution in [2.75, 3.05) is 17.7 Å². The number of hydrogen-bond donors (Lipinski definition) is 4. The van der Waals surface area contributed by atoms with Crippen molar-refractivity contribution in [2.45, 2.75) is 65.3 Å². The van der Waals surface area contributed by atoms with Gasteiger partial charge in [0.05, 0.1) is 18.4 Å². The molecule has 1 atom stereocenters. The van der Waals surface area contributed by atoms with Gasteiger partial charge < -0.3 is 25.8 Å². The second-order valence-corrected chi connectivity index (χ2v) is 11.3. The van der Waals surface area contributed by atoms with Gasteiger partial charge in [-0.2, -0.15) is 0 Å². The Kier molecular flexibility index (Phi) is 9.19. The smallest absolute Gasteiger partial charge is 0.329 e. The lowest BCUT2D eigenvalue weighted by atomic mass is 9.75. The Balaban J connectivity index is 1.70. The summed E-state index contributed by atoms with van der Waals surface area (Å²) in [6, 6.07) is 12.5. The molecule has 1 fully saturated rings. The number of carbonyl (C=O) groups is 3. The fourth-order valence-corrected chi connectivity index (χ4v) is 5.83. The molecular formula is C33H38FN3O5. The number of nitrogens with one attached hydrogen (secondary N) is 3. The van der Waals surface area contributed by atoms with E-state index in [0.717, 1.165) is 36.0 Å². The van der Waals surface area contributed by atoms with Crippen molar-refractivity contribution in [2.24, 2.45) is 5.92 Å². The van der Waals surface area contributed by atoms with Crippen LogP contribution < -0.4 is 20.7 Å². The van der Waals surface area contributed by atoms with E-state index in [2.05, 4.69) is 16.0 Å². The highest BCUT2D eigenvalue weighted by molar-refractivity contribution is 6.08. The molecule has 9 heteroatoms. The normalized spacial score (nSPS) is 14.9. The van der Waals surface area contributed by atoms with Crippen molar-refractivity contribution >= 4 is 29.3 Å². The fraction of sp³-hybridized carbons (Fsp3) is 0.364. The average Bonchev–Trinajstić information content (AvgIpc) is 2.95. The SMILES string of the molecule is COc1ccc(-c2ccc(C(=O)N[C@](C)(C(=O)O)C3CCCCC3)c(NC(=O)Nc3c(C)cc(C)cc3C)c2)cc1F. The summed E-state index contributed by atoms with van der Waals surface area (Å²) in [5, 5.41) is 18.6. The number of rotatable bonds is 8. The number of carboxylic acid groups (broad SMARTS) is 1. The topological polar surface area (TPSA) is 117 Å². The maximum absolute atomic E-state index is 14.5. The minimum Gasteiger partial charge on any atom is -0.494 e. The number of anilines is 2. The molecule has 0 bridgehead atoms. The van der Waals surface area contributed by atoms with E-state index in [0.29, 0.717) is 29.7 Å². The summed E-state index contributed by atoms with van der Waals surface area (Å²) in [4.78, 5) is 39.3. The Morgan fingerprint density at radius 2 is 1.52 bits per heavy atom. The molecule has 222 valence electrons. The zero-order valence-electron chi connectivity index (χ0n) is 24.7. The summed E-state index contributed by atoms with van der Waals surface area (Å²) in [6.07, 6.45) is 4.25. The molecule has 0 aromatic heterocycles. The van der Waals surface area contributed by atoms with Gasteiger partial charge in [0.15, 0.2) is 11.6 Å². The predicted molar refractivity (Wildman–Crippen MR) is 162 cm³/mol. The molecule has 1 aliphatic rings. The van der Waals surface area contributed by atoms with E-state index < -0.39 is 29.3 Å². The van der Waals surface area contributed by atoms with Crippen molar-refractivity contribution < 1.29 is 28.6 Å². The van der Waals surface area contributed by atoms with Crippen molar-refractivity contribution in [3.63, 3.8) is 0 Å². The molecule has 3 aromatic carbocycles. The Bertz CT molecular complexity index is 1490. The van der Waals surface area contributed by atoms with E-state index in [1.54, 1.807) is 25.1 Å². The summed E-state index contributed by atoms with van der Waals surface area (Å²) in [6.45, 7) is 7.30. The molecule has 0 heterocycles. The van der Waals surface area contributed by atoms with Crippen LogP contribution in [-0.4, -0.2) is 35.7 Å². The third kappa shape index (κ3) is 6.56. The summed E-state index contributed by atoms with van der Waals surface area (Å²) in [7, 11) is 1.38. The number of carboxylic acids is 1. The minimum atomic E-state index is -1.48. The summed E-state index contributed by atoms with van der Waals surface area (Å²) in [5.41, 5.74) is 3.28. The zero-order valence-corrected chi connectivity index (χ0v) is 24.7. The number of ether oxygens (including phenoxy) is 1. The lowest BCUT2D eigenvalue weighted by Gasteiger charge is -2.37. The van der Waals surface area contributed by atoms with Crippen LogP contribution in [0.15, 0.2) is 48.5 Å². The molecule has 4 N–H and O–H groups in total. The highest BCUT2D eigenvalue weighted by Crippen LogP contribution is 2.34. The maximum Gasteiger partial charge on any atom is 0.329 e. The van der Waals surface area contributed by atoms with Crippen LogP contribution in [-0.2, 0) is 4.79 Å². The molecule has 0 aliphatic heterocycles. The highest BCUT2D eigenvalue weighted by atomic mass is 19.1. The number of methoxy groups -OCH3 is 1. The third-order valence-electron chi connectivity index (χ3n) is 8.15. The van der Waals surface area contributed by atoms with E-state index >= 15 is 0 Å². The van der Waals surface area contributed by atoms with E-state index in [1.165, 1.54) is 25.3 Å². The number of aryl methyl sites for hydroxylation is 3. The first-order valence-electron chi connectivity index (χ1n) is 14.1. The zero-order chi connectivity index (χ0) is 30.6. The average molecular weight is 576 g/mol. The highest BCUT2D eigenvalue weighted by Gasteiger charge is 2.43. The Labute approximate surface area is 245 Å². The molecule has 4 rings (SSSR count). The predicted octanol–water partition coefficient (Wildman–Crippen LogP) is 7.22. The van der Waals surface area contributed by atoms with Gasteiger partial charge in [-0.25, -0.2) is 14.0 Å². The molecule has 3 aromatic rings. The fourth-order valence-electron chi connectivity index (χ4n) is 5.83. The number of urea groups is 1. The first-order chi connectivity index (χ1) is 19.9. The Morgan fingerprint density at radius 1 is 0.905 bits per heavy atom. The minimum absolute atomic E-state index is 0.0866. The first kappa shape index (κ1) is 30.6. The van der Waals surface area contributed by atoms with Crippen LogP contribution in [0.4, 0.5) is 20.6 Å². The van der Waals surface area contributed by atoms with Crippen LogP contribution in [0, 0.1) is 32.5 Å². The summed E-state index contributed by atoms with van der Waals surface area (Å²) < 4.78 is 19.5. The molecule has 0 unspecified atom stereocenters. The number of amides is 3. The number of aliphatic carboxylic acids is 1. The van der Waals surface area contributed by atoms with Crippen LogP contribution in [0.2, 0.25) is 0 Å². The van der Waals surface area contributed by atoms with Crippen LogP contribution in [0.1, 0.15) is 66.1 Å². The van der Waals surface area contributed by atoms with Crippen molar-refractivity contribution in [3.05, 3.63) is 76.6 Å². The molecular weight excluding hydrogens is 537 g/mol. The van der Waals surface area contributed by atoms with Crippen molar-refractivity contribution in [1.29, 1.82) is 0 Å². The molecule has 0 spiro atoms. The molecule has 42 heavy (non-hydrogen) atoms. The van der Waals surface area contributed by atoms with Crippen molar-refractivity contribution in [3.8, 4) is 16.9 Å². The van der Waals surface area contributed by atoms with E-state index in [-0.39, 0.29) is 22.9 Å². The van der Waals surface area contributed by atoms with E-state index in [4.69, 9.17) is 4.74 Å². The molecule has 3 amide bonds. The van der Waals surface area contributed by atoms with E-state index in [1.807, 2.05) is 32.9 Å². The molecule has 8 nitrogen and oxygen atoms in total. The van der Waals surface area contributed by atoms with Crippen molar-refractivity contribution in [1.82, 2.24) is 5.32 Å². The summed E-state index contributed by atoms with van der Waals surface area (Å²) in [5.74, 6) is -2.42. The molecule has 0 saturated heterocycles. The third-order valence-corrected chi connectivity index (χ3v) is 8.15. The Morgan fingerprint density at radius 3 is 2.12 bits per heavy atom. The number of halogens is 1. The van der Waals surface area contributed by atoms with Gasteiger partial charge in [0.25, 0.3) is 5.91 Å². The van der Waals surface area contributed by atoms with Gasteiger partial charge in [0, 0.05) is 5.69 Å². The quantitative estimate of drug-likeness (QED) is 0.226. The number of hydrogen-bond acceptors (Lipinski definition) is 4. The molecule has 0 radical (unpaired) electrons. The van der Waals surface area contributed by atoms with Gasteiger partial charge in [-0.1, -0.05) is 49.1 Å². The first-order valence-corrected chi connectivity index (χ1v) is 14.1. The second-order valence-electron chi connectivity index (χ2n) is 11.3. The van der Waals surface area contributed by atoms with Crippen LogP contribution in [0.5, 0.6) is 5.75 Å². The lowest BCUT2D eigenvalue weighted by Crippen LogP contribution is -2.57. The van der Waals surface area contributed by atoms with Crippen LogP contribution in [0.3, 0.4) is 0 Å². The van der Waals surface area contributed by atoms with Gasteiger partial charge in [0.2, 0.25) is 0 Å². The molecule has 1 saturated carbocycles. The maximum atomic E-state index is 14.5. The monoisotopic (exact) mass is 575 g/mol. The van der Waals surface area contributed by atoms with Crippen LogP contribution in [0.25, 0.3) is 11.1 Å². The second kappa shape index (κ2) is 12.6. The molecule has 1 aliphatic carbocycles. The van der Waals surface area contributed by atoms with Gasteiger partial charge in [-0.15, -0.1) is 0 Å². The number of carbonyl (C=O) groups excluding carboxylic acids is 2.